The van der Waals surface area contributed by atoms with Crippen molar-refractivity contribution in [3.8, 4) is 0 Å². The molecule has 0 unspecified atom stereocenters. The monoisotopic (exact) mass is 282 g/mol. The van der Waals surface area contributed by atoms with E-state index in [1.54, 1.807) is 0 Å². The maximum absolute atomic E-state index is 4.43. The normalized spacial score (nSPS) is 10.9. The Kier molecular flexibility index (Phi) is 8.58. The third-order valence-corrected chi connectivity index (χ3v) is 3.93. The highest BCUT2D eigenvalue weighted by Gasteiger charge is 2.00. The summed E-state index contributed by atoms with van der Waals surface area (Å²) >= 11 is 1.92. The van der Waals surface area contributed by atoms with Crippen LogP contribution in [0.25, 0.3) is 0 Å². The molecule has 0 spiro atoms. The summed E-state index contributed by atoms with van der Waals surface area (Å²) in [6.45, 7) is 10.9. The minimum atomic E-state index is 0.874. The van der Waals surface area contributed by atoms with Crippen LogP contribution in [0.15, 0.2) is 12.4 Å². The number of thioether (sulfide) groups is 1. The Hall–Kier alpha value is -0.810. The van der Waals surface area contributed by atoms with Crippen molar-refractivity contribution in [1.29, 1.82) is 0 Å². The van der Waals surface area contributed by atoms with Crippen LogP contribution < -0.4 is 5.32 Å². The van der Waals surface area contributed by atoms with Gasteiger partial charge in [-0.2, -0.15) is 11.8 Å². The van der Waals surface area contributed by atoms with Gasteiger partial charge in [-0.05, 0) is 19.5 Å². The molecule has 1 N–H and O–H groups in total. The van der Waals surface area contributed by atoms with Crippen molar-refractivity contribution >= 4 is 17.6 Å². The number of nitrogens with zero attached hydrogens (tertiary/aromatic N) is 3. The fourth-order valence-electron chi connectivity index (χ4n) is 1.68. The average Bonchev–Trinajstić information content (AvgIpc) is 2.46. The van der Waals surface area contributed by atoms with Gasteiger partial charge in [-0.15, -0.1) is 0 Å². The van der Waals surface area contributed by atoms with Crippen molar-refractivity contribution in [2.75, 3.05) is 37.2 Å². The lowest BCUT2D eigenvalue weighted by molar-refractivity contribution is 0.324. The van der Waals surface area contributed by atoms with Crippen molar-refractivity contribution < 1.29 is 0 Å². The van der Waals surface area contributed by atoms with Crippen LogP contribution in [0.3, 0.4) is 0 Å². The second-order valence-corrected chi connectivity index (χ2v) is 5.50. The number of hydrogen-bond donors (Lipinski definition) is 1. The molecule has 0 fully saturated rings. The zero-order valence-corrected chi connectivity index (χ0v) is 13.2. The molecule has 0 atom stereocenters. The topological polar surface area (TPSA) is 41.1 Å². The van der Waals surface area contributed by atoms with E-state index in [2.05, 4.69) is 41.0 Å². The van der Waals surface area contributed by atoms with Gasteiger partial charge in [-0.1, -0.05) is 20.8 Å². The molecule has 4 nitrogen and oxygen atoms in total. The minimum absolute atomic E-state index is 0.874. The summed E-state index contributed by atoms with van der Waals surface area (Å²) in [5.74, 6) is 2.97. The van der Waals surface area contributed by atoms with Gasteiger partial charge in [0, 0.05) is 24.6 Å². The predicted molar refractivity (Wildman–Crippen MR) is 84.8 cm³/mol. The van der Waals surface area contributed by atoms with Crippen molar-refractivity contribution in [2.45, 2.75) is 32.9 Å². The highest BCUT2D eigenvalue weighted by Crippen LogP contribution is 2.10. The number of nitrogens with one attached hydrogen (secondary N) is 1. The van der Waals surface area contributed by atoms with E-state index in [1.165, 1.54) is 0 Å². The van der Waals surface area contributed by atoms with Crippen LogP contribution in [0.4, 0.5) is 5.82 Å². The lowest BCUT2D eigenvalue weighted by Crippen LogP contribution is -2.25. The van der Waals surface area contributed by atoms with Gasteiger partial charge in [-0.25, -0.2) is 4.98 Å². The molecule has 5 heteroatoms. The van der Waals surface area contributed by atoms with E-state index in [-0.39, 0.29) is 0 Å². The van der Waals surface area contributed by atoms with E-state index in [4.69, 9.17) is 0 Å². The zero-order chi connectivity index (χ0) is 13.9. The first kappa shape index (κ1) is 16.2. The van der Waals surface area contributed by atoms with Crippen molar-refractivity contribution in [3.63, 3.8) is 0 Å². The third-order valence-electron chi connectivity index (χ3n) is 2.96. The Morgan fingerprint density at radius 3 is 2.53 bits per heavy atom. The second-order valence-electron chi connectivity index (χ2n) is 4.40. The lowest BCUT2D eigenvalue weighted by Gasteiger charge is -2.17. The fourth-order valence-corrected chi connectivity index (χ4v) is 2.57. The zero-order valence-electron chi connectivity index (χ0n) is 12.4. The summed E-state index contributed by atoms with van der Waals surface area (Å²) < 4.78 is 0. The van der Waals surface area contributed by atoms with Crippen LogP contribution in [0, 0.1) is 0 Å². The van der Waals surface area contributed by atoms with E-state index in [0.717, 1.165) is 55.6 Å². The number of aromatic nitrogens is 2. The van der Waals surface area contributed by atoms with Crippen LogP contribution in [-0.4, -0.2) is 46.8 Å². The molecule has 0 aliphatic heterocycles. The fraction of sp³-hybridized carbons (Fsp3) is 0.714. The van der Waals surface area contributed by atoms with Crippen LogP contribution in [0.1, 0.15) is 32.9 Å². The Labute approximate surface area is 121 Å². The molecule has 108 valence electrons. The predicted octanol–water partition coefficient (Wildman–Crippen LogP) is 2.87. The van der Waals surface area contributed by atoms with Gasteiger partial charge in [0.05, 0.1) is 18.1 Å². The highest BCUT2D eigenvalue weighted by atomic mass is 32.2. The largest absolute Gasteiger partial charge is 0.369 e. The molecule has 0 saturated heterocycles. The Balaban J connectivity index is 2.22. The molecule has 1 heterocycles. The van der Waals surface area contributed by atoms with Gasteiger partial charge >= 0.3 is 0 Å². The van der Waals surface area contributed by atoms with Crippen LogP contribution in [-0.2, 0) is 5.75 Å². The Morgan fingerprint density at radius 1 is 1.16 bits per heavy atom. The average molecular weight is 282 g/mol. The molecule has 0 aliphatic rings. The molecule has 1 aromatic heterocycles. The SMILES string of the molecule is CCCNc1cnc(CSCCN(CC)CC)cn1. The number of anilines is 1. The molecule has 19 heavy (non-hydrogen) atoms. The van der Waals surface area contributed by atoms with E-state index >= 15 is 0 Å². The van der Waals surface area contributed by atoms with Gasteiger partial charge in [0.25, 0.3) is 0 Å². The van der Waals surface area contributed by atoms with Gasteiger partial charge in [0.2, 0.25) is 0 Å². The summed E-state index contributed by atoms with van der Waals surface area (Å²) in [6, 6.07) is 0. The molecule has 0 saturated carbocycles. The first-order chi connectivity index (χ1) is 9.30. The van der Waals surface area contributed by atoms with Crippen molar-refractivity contribution in [1.82, 2.24) is 14.9 Å². The summed E-state index contributed by atoms with van der Waals surface area (Å²) in [5.41, 5.74) is 1.06. The third kappa shape index (κ3) is 6.78. The standard InChI is InChI=1S/C14H26N4S/c1-4-7-15-14-11-16-13(10-17-14)12-19-9-8-18(5-2)6-3/h10-11H,4-9,12H2,1-3H3,(H,15,17). The molecular formula is C14H26N4S. The molecule has 0 radical (unpaired) electrons. The van der Waals surface area contributed by atoms with Crippen molar-refractivity contribution in [2.24, 2.45) is 0 Å². The first-order valence-corrected chi connectivity index (χ1v) is 8.30. The van der Waals surface area contributed by atoms with E-state index in [1.807, 2.05) is 24.2 Å². The van der Waals surface area contributed by atoms with Crippen LogP contribution in [0.5, 0.6) is 0 Å². The van der Waals surface area contributed by atoms with Gasteiger partial charge < -0.3 is 10.2 Å². The maximum Gasteiger partial charge on any atom is 0.144 e. The molecule has 0 amide bonds. The summed E-state index contributed by atoms with van der Waals surface area (Å²) in [4.78, 5) is 11.2. The molecular weight excluding hydrogens is 256 g/mol. The summed E-state index contributed by atoms with van der Waals surface area (Å²) in [7, 11) is 0. The van der Waals surface area contributed by atoms with E-state index in [9.17, 15) is 0 Å². The van der Waals surface area contributed by atoms with Crippen molar-refractivity contribution in [3.05, 3.63) is 18.1 Å². The number of hydrogen-bond acceptors (Lipinski definition) is 5. The molecule has 1 aromatic rings. The lowest BCUT2D eigenvalue weighted by atomic mass is 10.4. The van der Waals surface area contributed by atoms with E-state index in [0.29, 0.717) is 0 Å². The highest BCUT2D eigenvalue weighted by molar-refractivity contribution is 7.98. The Bertz CT molecular complexity index is 325. The minimum Gasteiger partial charge on any atom is -0.369 e. The van der Waals surface area contributed by atoms with Crippen LogP contribution >= 0.6 is 11.8 Å². The summed E-state index contributed by atoms with van der Waals surface area (Å²) in [6.07, 6.45) is 4.81. The first-order valence-electron chi connectivity index (χ1n) is 7.15. The summed E-state index contributed by atoms with van der Waals surface area (Å²) in [5, 5.41) is 3.23. The van der Waals surface area contributed by atoms with E-state index < -0.39 is 0 Å². The molecule has 1 rings (SSSR count). The second kappa shape index (κ2) is 10.0. The van der Waals surface area contributed by atoms with Crippen LogP contribution in [0.2, 0.25) is 0 Å². The quantitative estimate of drug-likeness (QED) is 0.668. The van der Waals surface area contributed by atoms with Gasteiger partial charge in [0.15, 0.2) is 0 Å². The molecule has 0 aromatic carbocycles. The molecule has 0 bridgehead atoms. The van der Waals surface area contributed by atoms with Gasteiger partial charge in [0.1, 0.15) is 5.82 Å². The number of rotatable bonds is 10. The maximum atomic E-state index is 4.43. The smallest absolute Gasteiger partial charge is 0.144 e. The van der Waals surface area contributed by atoms with Gasteiger partial charge in [-0.3, -0.25) is 4.98 Å². The molecule has 0 aliphatic carbocycles. The Morgan fingerprint density at radius 2 is 1.95 bits per heavy atom.